The molecule has 1 saturated heterocycles. The molecule has 2 aromatic rings. The summed E-state index contributed by atoms with van der Waals surface area (Å²) >= 11 is 0. The number of rotatable bonds is 5. The molecule has 2 aliphatic rings. The molecule has 0 saturated carbocycles. The van der Waals surface area contributed by atoms with Gasteiger partial charge in [-0.05, 0) is 25.0 Å². The van der Waals surface area contributed by atoms with Gasteiger partial charge >= 0.3 is 0 Å². The van der Waals surface area contributed by atoms with Crippen LogP contribution in [0.3, 0.4) is 0 Å². The third kappa shape index (κ3) is 4.21. The van der Waals surface area contributed by atoms with Crippen LogP contribution in [0.1, 0.15) is 12.8 Å². The van der Waals surface area contributed by atoms with Crippen LogP contribution in [0.15, 0.2) is 41.3 Å². The van der Waals surface area contributed by atoms with E-state index in [2.05, 4.69) is 5.32 Å². The molecule has 0 atom stereocenters. The fraction of sp³-hybridized carbons (Fsp3) is 0.368. The lowest BCUT2D eigenvalue weighted by molar-refractivity contribution is -0.385. The van der Waals surface area contributed by atoms with Gasteiger partial charge in [0, 0.05) is 42.9 Å². The Balaban J connectivity index is 1.32. The summed E-state index contributed by atoms with van der Waals surface area (Å²) in [6, 6.07) is 7.67. The molecule has 152 valence electrons. The molecule has 0 radical (unpaired) electrons. The number of pyridine rings is 1. The predicted octanol–water partition coefficient (Wildman–Crippen LogP) is 1.79. The smallest absolute Gasteiger partial charge is 0.285 e. The molecule has 4 rings (SSSR count). The highest BCUT2D eigenvalue weighted by Crippen LogP contribution is 2.34. The van der Waals surface area contributed by atoms with Gasteiger partial charge in [-0.2, -0.15) is 0 Å². The maximum absolute atomic E-state index is 12.6. The fourth-order valence-electron chi connectivity index (χ4n) is 3.51. The Labute approximate surface area is 165 Å². The maximum Gasteiger partial charge on any atom is 0.285 e. The molecule has 0 spiro atoms. The van der Waals surface area contributed by atoms with E-state index in [1.807, 2.05) is 4.90 Å². The monoisotopic (exact) mass is 400 g/mol. The number of nitrogens with one attached hydrogen (secondary N) is 1. The highest BCUT2D eigenvalue weighted by molar-refractivity contribution is 5.93. The van der Waals surface area contributed by atoms with Crippen molar-refractivity contribution in [2.24, 2.45) is 5.92 Å². The van der Waals surface area contributed by atoms with E-state index < -0.39 is 4.92 Å². The van der Waals surface area contributed by atoms with Crippen molar-refractivity contribution in [1.29, 1.82) is 0 Å². The Morgan fingerprint density at radius 2 is 1.93 bits per heavy atom. The topological polar surface area (TPSA) is 116 Å². The SMILES string of the molecule is O=C(Nc1ccc2c(c1)OCO2)C1CCN(Cn2cc([N+](=O)[O-])ccc2=O)CC1. The van der Waals surface area contributed by atoms with Crippen molar-refractivity contribution in [2.75, 3.05) is 25.2 Å². The number of benzene rings is 1. The van der Waals surface area contributed by atoms with Gasteiger partial charge in [0.15, 0.2) is 11.5 Å². The van der Waals surface area contributed by atoms with Gasteiger partial charge in [-0.25, -0.2) is 0 Å². The van der Waals surface area contributed by atoms with Crippen molar-refractivity contribution in [2.45, 2.75) is 19.5 Å². The van der Waals surface area contributed by atoms with E-state index in [0.717, 1.165) is 0 Å². The van der Waals surface area contributed by atoms with E-state index in [0.29, 0.717) is 43.1 Å². The van der Waals surface area contributed by atoms with Crippen molar-refractivity contribution in [3.8, 4) is 11.5 Å². The maximum atomic E-state index is 12.6. The summed E-state index contributed by atoms with van der Waals surface area (Å²) in [5.74, 6) is 1.07. The molecule has 10 nitrogen and oxygen atoms in total. The zero-order valence-corrected chi connectivity index (χ0v) is 15.6. The minimum absolute atomic E-state index is 0.0592. The summed E-state index contributed by atoms with van der Waals surface area (Å²) in [5, 5.41) is 13.8. The molecule has 1 aromatic carbocycles. The van der Waals surface area contributed by atoms with E-state index in [1.165, 1.54) is 22.9 Å². The number of nitrogens with zero attached hydrogens (tertiary/aromatic N) is 3. The number of hydrogen-bond donors (Lipinski definition) is 1. The number of ether oxygens (including phenoxy) is 2. The van der Waals surface area contributed by atoms with Gasteiger partial charge < -0.3 is 14.8 Å². The molecule has 1 fully saturated rings. The molecule has 1 aromatic heterocycles. The van der Waals surface area contributed by atoms with Crippen LogP contribution in [0, 0.1) is 16.0 Å². The molecule has 0 bridgehead atoms. The average Bonchev–Trinajstić information content (AvgIpc) is 3.18. The second-order valence-corrected chi connectivity index (χ2v) is 7.04. The third-order valence-electron chi connectivity index (χ3n) is 5.13. The lowest BCUT2D eigenvalue weighted by atomic mass is 9.96. The number of nitro groups is 1. The van der Waals surface area contributed by atoms with Crippen LogP contribution in [0.25, 0.3) is 0 Å². The molecular weight excluding hydrogens is 380 g/mol. The Hall–Kier alpha value is -3.40. The lowest BCUT2D eigenvalue weighted by Gasteiger charge is -2.31. The van der Waals surface area contributed by atoms with Gasteiger partial charge in [0.05, 0.1) is 17.8 Å². The molecule has 3 heterocycles. The van der Waals surface area contributed by atoms with Crippen LogP contribution >= 0.6 is 0 Å². The van der Waals surface area contributed by atoms with Crippen LogP contribution in [-0.2, 0) is 11.5 Å². The van der Waals surface area contributed by atoms with E-state index in [1.54, 1.807) is 18.2 Å². The van der Waals surface area contributed by atoms with Crippen LogP contribution in [0.5, 0.6) is 11.5 Å². The second-order valence-electron chi connectivity index (χ2n) is 7.04. The number of likely N-dealkylation sites (tertiary alicyclic amines) is 1. The number of anilines is 1. The minimum Gasteiger partial charge on any atom is -0.454 e. The van der Waals surface area contributed by atoms with Crippen LogP contribution < -0.4 is 20.3 Å². The van der Waals surface area contributed by atoms with Gasteiger partial charge in [-0.3, -0.25) is 29.2 Å². The van der Waals surface area contributed by atoms with E-state index in [9.17, 15) is 19.7 Å². The number of carbonyl (C=O) groups excluding carboxylic acids is 1. The Kier molecular flexibility index (Phi) is 5.17. The minimum atomic E-state index is -0.525. The molecule has 2 aliphatic heterocycles. The second kappa shape index (κ2) is 7.92. The first-order chi connectivity index (χ1) is 14.0. The number of amides is 1. The summed E-state index contributed by atoms with van der Waals surface area (Å²) in [7, 11) is 0. The van der Waals surface area contributed by atoms with Crippen molar-refractivity contribution in [1.82, 2.24) is 9.47 Å². The molecule has 1 N–H and O–H groups in total. The van der Waals surface area contributed by atoms with Crippen LogP contribution in [0.2, 0.25) is 0 Å². The number of piperidine rings is 1. The predicted molar refractivity (Wildman–Crippen MR) is 103 cm³/mol. The van der Waals surface area contributed by atoms with E-state index in [4.69, 9.17) is 9.47 Å². The van der Waals surface area contributed by atoms with Crippen LogP contribution in [0.4, 0.5) is 11.4 Å². The Morgan fingerprint density at radius 1 is 1.17 bits per heavy atom. The fourth-order valence-corrected chi connectivity index (χ4v) is 3.51. The number of aromatic nitrogens is 1. The molecule has 0 aliphatic carbocycles. The molecular formula is C19H20N4O6. The third-order valence-corrected chi connectivity index (χ3v) is 5.13. The van der Waals surface area contributed by atoms with Gasteiger partial charge in [-0.1, -0.05) is 0 Å². The van der Waals surface area contributed by atoms with E-state index >= 15 is 0 Å². The molecule has 1 amide bonds. The van der Waals surface area contributed by atoms with Crippen LogP contribution in [-0.4, -0.2) is 40.2 Å². The number of fused-ring (bicyclic) bond motifs is 1. The average molecular weight is 400 g/mol. The quantitative estimate of drug-likeness (QED) is 0.601. The normalized spacial score (nSPS) is 16.6. The lowest BCUT2D eigenvalue weighted by Crippen LogP contribution is -2.40. The summed E-state index contributed by atoms with van der Waals surface area (Å²) in [5.41, 5.74) is 0.241. The summed E-state index contributed by atoms with van der Waals surface area (Å²) in [6.45, 7) is 1.68. The molecule has 29 heavy (non-hydrogen) atoms. The summed E-state index contributed by atoms with van der Waals surface area (Å²) in [4.78, 5) is 36.9. The first-order valence-electron chi connectivity index (χ1n) is 9.27. The molecule has 0 unspecified atom stereocenters. The highest BCUT2D eigenvalue weighted by atomic mass is 16.7. The Bertz CT molecular complexity index is 996. The van der Waals surface area contributed by atoms with Crippen molar-refractivity contribution >= 4 is 17.3 Å². The first kappa shape index (κ1) is 18.9. The summed E-state index contributed by atoms with van der Waals surface area (Å²) < 4.78 is 11.9. The van der Waals surface area contributed by atoms with Crippen molar-refractivity contribution < 1.29 is 19.2 Å². The zero-order chi connectivity index (χ0) is 20.4. The largest absolute Gasteiger partial charge is 0.454 e. The van der Waals surface area contributed by atoms with Crippen molar-refractivity contribution in [3.05, 3.63) is 57.0 Å². The van der Waals surface area contributed by atoms with Gasteiger partial charge in [0.2, 0.25) is 12.7 Å². The Morgan fingerprint density at radius 3 is 2.69 bits per heavy atom. The van der Waals surface area contributed by atoms with Crippen molar-refractivity contribution in [3.63, 3.8) is 0 Å². The standard InChI is InChI=1S/C19H20N4O6/c24-18-4-2-15(23(26)27)10-22(18)11-21-7-5-13(6-8-21)19(25)20-14-1-3-16-17(9-14)29-12-28-16/h1-4,9-10,13H,5-8,11-12H2,(H,20,25). The summed E-state index contributed by atoms with van der Waals surface area (Å²) in [6.07, 6.45) is 2.53. The molecule has 10 heteroatoms. The van der Waals surface area contributed by atoms with Gasteiger partial charge in [0.25, 0.3) is 11.2 Å². The number of hydrogen-bond acceptors (Lipinski definition) is 7. The zero-order valence-electron chi connectivity index (χ0n) is 15.6. The van der Waals surface area contributed by atoms with Gasteiger partial charge in [-0.15, -0.1) is 0 Å². The first-order valence-corrected chi connectivity index (χ1v) is 9.27. The van der Waals surface area contributed by atoms with E-state index in [-0.39, 0.29) is 36.5 Å². The number of carbonyl (C=O) groups is 1. The van der Waals surface area contributed by atoms with Gasteiger partial charge in [0.1, 0.15) is 0 Å². The highest BCUT2D eigenvalue weighted by Gasteiger charge is 2.26.